The average Bonchev–Trinajstić information content (AvgIpc) is 3.09. The van der Waals surface area contributed by atoms with Crippen LogP contribution in [0.2, 0.25) is 0 Å². The first kappa shape index (κ1) is 20.3. The minimum Gasteiger partial charge on any atom is -0.348 e. The van der Waals surface area contributed by atoms with Crippen LogP contribution < -0.4 is 0 Å². The Bertz CT molecular complexity index is 345. The van der Waals surface area contributed by atoms with Crippen molar-refractivity contribution in [1.82, 2.24) is 9.97 Å². The lowest BCUT2D eigenvalue weighted by Gasteiger charge is -2.17. The summed E-state index contributed by atoms with van der Waals surface area (Å²) in [5.74, 6) is 2.43. The van der Waals surface area contributed by atoms with Crippen molar-refractivity contribution in [2.24, 2.45) is 5.92 Å². The van der Waals surface area contributed by atoms with Crippen LogP contribution >= 0.6 is 0 Å². The molecule has 134 valence electrons. The van der Waals surface area contributed by atoms with Gasteiger partial charge in [-0.05, 0) is 5.92 Å². The lowest BCUT2D eigenvalue weighted by Crippen LogP contribution is -2.08. The first-order valence-electron chi connectivity index (χ1n) is 10.2. The number of nitrogens with zero attached hydrogens (tertiary/aromatic N) is 1. The van der Waals surface area contributed by atoms with Crippen molar-refractivity contribution in [2.45, 2.75) is 110 Å². The molecular formula is C21H40N2. The summed E-state index contributed by atoms with van der Waals surface area (Å²) in [5.41, 5.74) is 0. The van der Waals surface area contributed by atoms with Gasteiger partial charge in [0.1, 0.15) is 5.82 Å². The van der Waals surface area contributed by atoms with Crippen LogP contribution in [0.1, 0.15) is 116 Å². The molecule has 0 fully saturated rings. The summed E-state index contributed by atoms with van der Waals surface area (Å²) in [6.45, 7) is 6.95. The highest BCUT2D eigenvalue weighted by Gasteiger charge is 2.15. The molecule has 23 heavy (non-hydrogen) atoms. The van der Waals surface area contributed by atoms with Gasteiger partial charge in [0.25, 0.3) is 0 Å². The van der Waals surface area contributed by atoms with Crippen LogP contribution in [0.15, 0.2) is 12.4 Å². The van der Waals surface area contributed by atoms with E-state index in [1.807, 2.05) is 12.4 Å². The molecule has 1 heterocycles. The molecule has 0 spiro atoms. The standard InChI is InChI=1S/C21H40N2/c1-4-5-6-7-8-9-10-11-12-13-14-15-16-19(2)20(3)21-22-17-18-23-21/h17-20H,4-16H2,1-3H3,(H,22,23). The number of aromatic nitrogens is 2. The van der Waals surface area contributed by atoms with Gasteiger partial charge >= 0.3 is 0 Å². The Morgan fingerprint density at radius 3 is 1.83 bits per heavy atom. The van der Waals surface area contributed by atoms with E-state index in [9.17, 15) is 0 Å². The Morgan fingerprint density at radius 1 is 0.826 bits per heavy atom. The second-order valence-corrected chi connectivity index (χ2v) is 7.42. The maximum Gasteiger partial charge on any atom is 0.109 e. The van der Waals surface area contributed by atoms with E-state index in [0.29, 0.717) is 5.92 Å². The maximum absolute atomic E-state index is 4.39. The van der Waals surface area contributed by atoms with E-state index in [4.69, 9.17) is 0 Å². The molecule has 2 unspecified atom stereocenters. The van der Waals surface area contributed by atoms with Gasteiger partial charge in [-0.2, -0.15) is 0 Å². The molecule has 0 bridgehead atoms. The van der Waals surface area contributed by atoms with E-state index in [-0.39, 0.29) is 0 Å². The molecule has 1 aromatic rings. The van der Waals surface area contributed by atoms with Crippen LogP contribution in [0.3, 0.4) is 0 Å². The monoisotopic (exact) mass is 320 g/mol. The smallest absolute Gasteiger partial charge is 0.109 e. The molecular weight excluding hydrogens is 280 g/mol. The van der Waals surface area contributed by atoms with E-state index < -0.39 is 0 Å². The summed E-state index contributed by atoms with van der Waals surface area (Å²) in [6, 6.07) is 0. The number of aromatic amines is 1. The number of unbranched alkanes of at least 4 members (excludes halogenated alkanes) is 11. The van der Waals surface area contributed by atoms with E-state index in [0.717, 1.165) is 11.7 Å². The molecule has 0 saturated heterocycles. The number of hydrogen-bond acceptors (Lipinski definition) is 1. The molecule has 2 atom stereocenters. The minimum atomic E-state index is 0.553. The summed E-state index contributed by atoms with van der Waals surface area (Å²) in [5, 5.41) is 0. The topological polar surface area (TPSA) is 28.7 Å². The SMILES string of the molecule is CCCCCCCCCCCCCCC(C)C(C)c1ncc[nH]1. The third-order valence-electron chi connectivity index (χ3n) is 5.32. The second kappa shape index (κ2) is 13.6. The molecule has 0 saturated carbocycles. The fourth-order valence-corrected chi connectivity index (χ4v) is 3.35. The lowest BCUT2D eigenvalue weighted by molar-refractivity contribution is 0.414. The molecule has 0 amide bonds. The van der Waals surface area contributed by atoms with Crippen molar-refractivity contribution in [1.29, 1.82) is 0 Å². The van der Waals surface area contributed by atoms with Gasteiger partial charge in [0.2, 0.25) is 0 Å². The highest BCUT2D eigenvalue weighted by Crippen LogP contribution is 2.25. The van der Waals surface area contributed by atoms with Crippen molar-refractivity contribution in [3.63, 3.8) is 0 Å². The zero-order chi connectivity index (χ0) is 16.8. The summed E-state index contributed by atoms with van der Waals surface area (Å²) in [4.78, 5) is 7.64. The normalized spacial score (nSPS) is 14.0. The number of H-pyrrole nitrogens is 1. The third kappa shape index (κ3) is 9.84. The number of nitrogens with one attached hydrogen (secondary N) is 1. The highest BCUT2D eigenvalue weighted by molar-refractivity contribution is 4.96. The zero-order valence-corrected chi connectivity index (χ0v) is 15.9. The quantitative estimate of drug-likeness (QED) is 0.339. The first-order chi connectivity index (χ1) is 11.3. The van der Waals surface area contributed by atoms with E-state index >= 15 is 0 Å². The van der Waals surface area contributed by atoms with Gasteiger partial charge in [-0.15, -0.1) is 0 Å². The van der Waals surface area contributed by atoms with E-state index in [2.05, 4.69) is 30.7 Å². The lowest BCUT2D eigenvalue weighted by atomic mass is 9.90. The minimum absolute atomic E-state index is 0.553. The number of imidazole rings is 1. The van der Waals surface area contributed by atoms with Crippen molar-refractivity contribution in [3.8, 4) is 0 Å². The zero-order valence-electron chi connectivity index (χ0n) is 15.9. The molecule has 0 aromatic carbocycles. The molecule has 1 aromatic heterocycles. The summed E-state index contributed by atoms with van der Waals surface area (Å²) < 4.78 is 0. The van der Waals surface area contributed by atoms with Crippen LogP contribution in [-0.4, -0.2) is 9.97 Å². The van der Waals surface area contributed by atoms with Gasteiger partial charge in [0.05, 0.1) is 0 Å². The van der Waals surface area contributed by atoms with Crippen molar-refractivity contribution in [2.75, 3.05) is 0 Å². The van der Waals surface area contributed by atoms with Gasteiger partial charge < -0.3 is 4.98 Å². The Labute approximate surface area is 144 Å². The Balaban J connectivity index is 1.86. The molecule has 2 nitrogen and oxygen atoms in total. The molecule has 1 N–H and O–H groups in total. The summed E-state index contributed by atoms with van der Waals surface area (Å²) in [6.07, 6.45) is 22.3. The predicted octanol–water partition coefficient (Wildman–Crippen LogP) is 7.24. The van der Waals surface area contributed by atoms with Gasteiger partial charge in [-0.1, -0.05) is 104 Å². The molecule has 1 rings (SSSR count). The van der Waals surface area contributed by atoms with Crippen molar-refractivity contribution < 1.29 is 0 Å². The van der Waals surface area contributed by atoms with Crippen LogP contribution in [0.25, 0.3) is 0 Å². The Kier molecular flexibility index (Phi) is 12.0. The second-order valence-electron chi connectivity index (χ2n) is 7.42. The Hall–Kier alpha value is -0.790. The fourth-order valence-electron chi connectivity index (χ4n) is 3.35. The summed E-state index contributed by atoms with van der Waals surface area (Å²) >= 11 is 0. The predicted molar refractivity (Wildman–Crippen MR) is 102 cm³/mol. The summed E-state index contributed by atoms with van der Waals surface area (Å²) in [7, 11) is 0. The van der Waals surface area contributed by atoms with Crippen molar-refractivity contribution in [3.05, 3.63) is 18.2 Å². The number of rotatable bonds is 15. The van der Waals surface area contributed by atoms with Crippen LogP contribution in [0.5, 0.6) is 0 Å². The van der Waals surface area contributed by atoms with Crippen molar-refractivity contribution >= 4 is 0 Å². The van der Waals surface area contributed by atoms with Crippen LogP contribution in [0, 0.1) is 5.92 Å². The number of hydrogen-bond donors (Lipinski definition) is 1. The first-order valence-corrected chi connectivity index (χ1v) is 10.2. The van der Waals surface area contributed by atoms with Gasteiger partial charge in [-0.25, -0.2) is 4.98 Å². The van der Waals surface area contributed by atoms with Gasteiger partial charge in [0.15, 0.2) is 0 Å². The molecule has 0 aliphatic carbocycles. The average molecular weight is 321 g/mol. The van der Waals surface area contributed by atoms with Gasteiger partial charge in [0, 0.05) is 18.3 Å². The van der Waals surface area contributed by atoms with Crippen LogP contribution in [-0.2, 0) is 0 Å². The Morgan fingerprint density at radius 2 is 1.35 bits per heavy atom. The van der Waals surface area contributed by atoms with Gasteiger partial charge in [-0.3, -0.25) is 0 Å². The molecule has 0 radical (unpaired) electrons. The molecule has 0 aliphatic heterocycles. The fraction of sp³-hybridized carbons (Fsp3) is 0.857. The van der Waals surface area contributed by atoms with Crippen LogP contribution in [0.4, 0.5) is 0 Å². The molecule has 2 heteroatoms. The third-order valence-corrected chi connectivity index (χ3v) is 5.32. The largest absolute Gasteiger partial charge is 0.348 e. The maximum atomic E-state index is 4.39. The van der Waals surface area contributed by atoms with E-state index in [1.54, 1.807) is 0 Å². The highest BCUT2D eigenvalue weighted by atomic mass is 14.9. The molecule has 0 aliphatic rings. The van der Waals surface area contributed by atoms with E-state index in [1.165, 1.54) is 83.5 Å².